The van der Waals surface area contributed by atoms with E-state index in [0.717, 1.165) is 30.3 Å². The van der Waals surface area contributed by atoms with Gasteiger partial charge >= 0.3 is 0 Å². The van der Waals surface area contributed by atoms with Crippen molar-refractivity contribution < 1.29 is 27.9 Å². The number of H-pyrrole nitrogens is 1. The topological polar surface area (TPSA) is 134 Å². The van der Waals surface area contributed by atoms with Crippen LogP contribution in [0.15, 0.2) is 52.4 Å². The molecule has 2 amide bonds. The van der Waals surface area contributed by atoms with Gasteiger partial charge in [0.15, 0.2) is 9.84 Å². The van der Waals surface area contributed by atoms with Gasteiger partial charge in [0.2, 0.25) is 5.62 Å². The van der Waals surface area contributed by atoms with Crippen LogP contribution in [0.5, 0.6) is 0 Å². The lowest BCUT2D eigenvalue weighted by molar-refractivity contribution is -0.125. The number of nitrogens with zero attached hydrogens (tertiary/aromatic N) is 3. The van der Waals surface area contributed by atoms with Gasteiger partial charge in [0.05, 0.1) is 28.6 Å². The van der Waals surface area contributed by atoms with Crippen molar-refractivity contribution in [2.75, 3.05) is 30.9 Å². The number of amides is 2. The van der Waals surface area contributed by atoms with Crippen LogP contribution in [-0.4, -0.2) is 67.0 Å². The van der Waals surface area contributed by atoms with Gasteiger partial charge in [-0.25, -0.2) is 8.42 Å². The SMILES string of the molecule is CS(=O)(=O)c1cccc(C(=O)/N=c2\[nH]c3cc(N4CCOCC4=O)ccc3n2[C@H]2CC[C@H](O)CC2)c1. The summed E-state index contributed by atoms with van der Waals surface area (Å²) in [6, 6.07) is 11.5. The van der Waals surface area contributed by atoms with E-state index in [9.17, 15) is 23.1 Å². The molecular weight excluding hydrogens is 484 g/mol. The average molecular weight is 513 g/mol. The van der Waals surface area contributed by atoms with Crippen molar-refractivity contribution in [3.8, 4) is 0 Å². The van der Waals surface area contributed by atoms with Gasteiger partial charge in [-0.05, 0) is 62.1 Å². The quantitative estimate of drug-likeness (QED) is 0.549. The number of sulfone groups is 1. The van der Waals surface area contributed by atoms with Gasteiger partial charge in [0.25, 0.3) is 11.8 Å². The Morgan fingerprint density at radius 1 is 1.14 bits per heavy atom. The molecule has 3 aromatic rings. The van der Waals surface area contributed by atoms with Crippen molar-refractivity contribution in [2.24, 2.45) is 4.99 Å². The predicted molar refractivity (Wildman–Crippen MR) is 132 cm³/mol. The van der Waals surface area contributed by atoms with E-state index < -0.39 is 15.7 Å². The number of aliphatic hydroxyl groups excluding tert-OH is 1. The molecule has 2 N–H and O–H groups in total. The fourth-order valence-electron chi connectivity index (χ4n) is 4.88. The van der Waals surface area contributed by atoms with Crippen molar-refractivity contribution in [1.82, 2.24) is 9.55 Å². The Morgan fingerprint density at radius 2 is 1.92 bits per heavy atom. The average Bonchev–Trinajstić information content (AvgIpc) is 3.21. The Kier molecular flexibility index (Phi) is 6.54. The third kappa shape index (κ3) is 4.86. The fourth-order valence-corrected chi connectivity index (χ4v) is 5.54. The predicted octanol–water partition coefficient (Wildman–Crippen LogP) is 1.95. The van der Waals surface area contributed by atoms with Gasteiger partial charge in [-0.2, -0.15) is 4.99 Å². The summed E-state index contributed by atoms with van der Waals surface area (Å²) in [6.07, 6.45) is 3.49. The van der Waals surface area contributed by atoms with Crippen LogP contribution in [0.2, 0.25) is 0 Å². The van der Waals surface area contributed by atoms with Gasteiger partial charge in [-0.3, -0.25) is 9.59 Å². The summed E-state index contributed by atoms with van der Waals surface area (Å²) in [4.78, 5) is 34.8. The highest BCUT2D eigenvalue weighted by atomic mass is 32.2. The molecule has 1 saturated heterocycles. The molecule has 0 unspecified atom stereocenters. The maximum atomic E-state index is 13.1. The highest BCUT2D eigenvalue weighted by Gasteiger charge is 2.25. The van der Waals surface area contributed by atoms with Crippen molar-refractivity contribution in [3.05, 3.63) is 53.6 Å². The number of nitrogens with one attached hydrogen (secondary N) is 1. The third-order valence-corrected chi connectivity index (χ3v) is 7.87. The van der Waals surface area contributed by atoms with Gasteiger partial charge in [-0.15, -0.1) is 0 Å². The number of benzene rings is 2. The van der Waals surface area contributed by atoms with Crippen LogP contribution in [0.4, 0.5) is 5.69 Å². The molecule has 2 aliphatic rings. The highest BCUT2D eigenvalue weighted by Crippen LogP contribution is 2.31. The number of fused-ring (bicyclic) bond motifs is 1. The lowest BCUT2D eigenvalue weighted by atomic mass is 9.93. The van der Waals surface area contributed by atoms with E-state index in [0.29, 0.717) is 37.1 Å². The van der Waals surface area contributed by atoms with Crippen LogP contribution in [-0.2, 0) is 19.4 Å². The van der Waals surface area contributed by atoms with E-state index in [4.69, 9.17) is 4.74 Å². The summed E-state index contributed by atoms with van der Waals surface area (Å²) < 4.78 is 31.1. The Bertz CT molecular complexity index is 1500. The summed E-state index contributed by atoms with van der Waals surface area (Å²) in [5.41, 5.74) is 2.78. The van der Waals surface area contributed by atoms with Crippen molar-refractivity contribution in [1.29, 1.82) is 0 Å². The molecule has 5 rings (SSSR count). The molecule has 1 aliphatic heterocycles. The summed E-state index contributed by atoms with van der Waals surface area (Å²) >= 11 is 0. The molecule has 10 nitrogen and oxygen atoms in total. The largest absolute Gasteiger partial charge is 0.393 e. The van der Waals surface area contributed by atoms with E-state index in [-0.39, 0.29) is 35.1 Å². The normalized spacial score (nSPS) is 21.8. The Morgan fingerprint density at radius 3 is 2.64 bits per heavy atom. The van der Waals surface area contributed by atoms with Gasteiger partial charge in [0, 0.05) is 30.1 Å². The summed E-state index contributed by atoms with van der Waals surface area (Å²) in [7, 11) is -3.47. The monoisotopic (exact) mass is 512 g/mol. The molecule has 1 saturated carbocycles. The van der Waals surface area contributed by atoms with Crippen LogP contribution in [0.3, 0.4) is 0 Å². The van der Waals surface area contributed by atoms with Gasteiger partial charge < -0.3 is 24.3 Å². The number of rotatable bonds is 4. The van der Waals surface area contributed by atoms with Crippen molar-refractivity contribution in [3.63, 3.8) is 0 Å². The lowest BCUT2D eigenvalue weighted by Crippen LogP contribution is -2.41. The number of aromatic nitrogens is 2. The van der Waals surface area contributed by atoms with Crippen molar-refractivity contribution in [2.45, 2.75) is 42.7 Å². The number of morpholine rings is 1. The molecule has 0 bridgehead atoms. The third-order valence-electron chi connectivity index (χ3n) is 6.76. The number of imidazole rings is 1. The minimum Gasteiger partial charge on any atom is -0.393 e. The zero-order chi connectivity index (χ0) is 25.4. The first kappa shape index (κ1) is 24.4. The molecule has 0 spiro atoms. The van der Waals surface area contributed by atoms with E-state index in [1.807, 2.05) is 22.8 Å². The minimum atomic E-state index is -3.47. The van der Waals surface area contributed by atoms with Crippen LogP contribution >= 0.6 is 0 Å². The molecule has 11 heteroatoms. The molecule has 1 aromatic heterocycles. The number of hydrogen-bond acceptors (Lipinski definition) is 6. The second kappa shape index (κ2) is 9.64. The fraction of sp³-hybridized carbons (Fsp3) is 0.400. The highest BCUT2D eigenvalue weighted by molar-refractivity contribution is 7.90. The van der Waals surface area contributed by atoms with Gasteiger partial charge in [0.1, 0.15) is 6.61 Å². The molecule has 190 valence electrons. The molecule has 2 fully saturated rings. The van der Waals surface area contributed by atoms with Crippen LogP contribution in [0, 0.1) is 0 Å². The summed E-state index contributed by atoms with van der Waals surface area (Å²) in [6.45, 7) is 0.952. The zero-order valence-electron chi connectivity index (χ0n) is 19.9. The van der Waals surface area contributed by atoms with Crippen LogP contribution < -0.4 is 10.5 Å². The Labute approximate surface area is 208 Å². The number of anilines is 1. The van der Waals surface area contributed by atoms with E-state index in [1.165, 1.54) is 24.3 Å². The lowest BCUT2D eigenvalue weighted by Gasteiger charge is -2.28. The van der Waals surface area contributed by atoms with Crippen molar-refractivity contribution >= 4 is 38.4 Å². The second-order valence-electron chi connectivity index (χ2n) is 9.30. The number of ether oxygens (including phenoxy) is 1. The first-order valence-corrected chi connectivity index (χ1v) is 13.8. The standard InChI is InChI=1S/C25H28N4O6S/c1-36(33,34)20-4-2-3-16(13-20)24(32)27-25-26-21-14-18(28-11-12-35-15-23(28)31)7-10-22(21)29(25)17-5-8-19(30)9-6-17/h2-4,7,10,13-14,17,19,30H,5-6,8-9,11-12,15H2,1H3,(H,26,27,32)/t17-,19-. The Balaban J connectivity index is 1.60. The number of carbonyl (C=O) groups is 2. The van der Waals surface area contributed by atoms with Gasteiger partial charge in [-0.1, -0.05) is 6.07 Å². The number of hydrogen-bond donors (Lipinski definition) is 2. The maximum Gasteiger partial charge on any atom is 0.280 e. The zero-order valence-corrected chi connectivity index (χ0v) is 20.7. The Hall–Kier alpha value is -3.28. The second-order valence-corrected chi connectivity index (χ2v) is 11.3. The molecule has 36 heavy (non-hydrogen) atoms. The number of aromatic amines is 1. The molecule has 2 aromatic carbocycles. The number of carbonyl (C=O) groups excluding carboxylic acids is 2. The maximum absolute atomic E-state index is 13.1. The van der Waals surface area contributed by atoms with Crippen LogP contribution in [0.1, 0.15) is 42.1 Å². The molecular formula is C25H28N4O6S. The first-order chi connectivity index (χ1) is 17.2. The molecule has 0 atom stereocenters. The first-order valence-electron chi connectivity index (χ1n) is 11.9. The van der Waals surface area contributed by atoms with E-state index >= 15 is 0 Å². The van der Waals surface area contributed by atoms with E-state index in [2.05, 4.69) is 9.98 Å². The van der Waals surface area contributed by atoms with Crippen LogP contribution in [0.25, 0.3) is 11.0 Å². The number of aliphatic hydroxyl groups is 1. The summed E-state index contributed by atoms with van der Waals surface area (Å²) in [5, 5.41) is 10.0. The smallest absolute Gasteiger partial charge is 0.280 e. The molecule has 1 aliphatic carbocycles. The molecule has 0 radical (unpaired) electrons. The minimum absolute atomic E-state index is 0.0203. The summed E-state index contributed by atoms with van der Waals surface area (Å²) in [5.74, 6) is -0.688. The van der Waals surface area contributed by atoms with E-state index in [1.54, 1.807) is 4.90 Å². The molecule has 2 heterocycles.